The van der Waals surface area contributed by atoms with Crippen LogP contribution in [-0.4, -0.2) is 42.6 Å². The highest BCUT2D eigenvalue weighted by atomic mass is 15.2. The molecule has 1 aromatic rings. The molecule has 0 aliphatic carbocycles. The summed E-state index contributed by atoms with van der Waals surface area (Å²) in [6.45, 7) is 29.8. The van der Waals surface area contributed by atoms with Gasteiger partial charge in [-0.3, -0.25) is 0 Å². The molecule has 2 aliphatic heterocycles. The molecule has 6 nitrogen and oxygen atoms in total. The van der Waals surface area contributed by atoms with Crippen LogP contribution in [0.5, 0.6) is 0 Å². The van der Waals surface area contributed by atoms with Crippen molar-refractivity contribution in [3.8, 4) is 0 Å². The maximum atomic E-state index is 5.23. The fourth-order valence-corrected chi connectivity index (χ4v) is 7.51. The van der Waals surface area contributed by atoms with E-state index in [-0.39, 0.29) is 33.1 Å². The van der Waals surface area contributed by atoms with Crippen LogP contribution in [0, 0.1) is 5.41 Å². The molecule has 2 saturated heterocycles. The van der Waals surface area contributed by atoms with E-state index < -0.39 is 0 Å². The van der Waals surface area contributed by atoms with Gasteiger partial charge in [0.25, 0.3) is 0 Å². The molecule has 6 heteroatoms. The monoisotopic (exact) mass is 486 g/mol. The predicted octanol–water partition coefficient (Wildman–Crippen LogP) is 6.55. The van der Waals surface area contributed by atoms with Crippen molar-refractivity contribution in [2.24, 2.45) is 5.41 Å². The number of anilines is 1. The third-order valence-electron chi connectivity index (χ3n) is 7.20. The Labute approximate surface area is 215 Å². The molecule has 3 rings (SSSR count). The summed E-state index contributed by atoms with van der Waals surface area (Å²) in [5.74, 6) is 3.26. The Morgan fingerprint density at radius 3 is 1.31 bits per heavy atom. The Balaban J connectivity index is 2.04. The molecular weight excluding hydrogens is 432 g/mol. The van der Waals surface area contributed by atoms with E-state index in [0.717, 1.165) is 49.7 Å². The highest BCUT2D eigenvalue weighted by molar-refractivity contribution is 5.31. The van der Waals surface area contributed by atoms with Crippen LogP contribution < -0.4 is 16.0 Å². The molecule has 1 aromatic heterocycles. The number of nitrogens with one attached hydrogen (secondary N) is 3. The molecule has 0 bridgehead atoms. The Kier molecular flexibility index (Phi) is 7.23. The molecular formula is C29H54N6. The Morgan fingerprint density at radius 1 is 0.657 bits per heavy atom. The molecule has 3 N–H and O–H groups in total. The van der Waals surface area contributed by atoms with Gasteiger partial charge in [0.05, 0.1) is 0 Å². The van der Waals surface area contributed by atoms with Gasteiger partial charge in [-0.05, 0) is 107 Å². The van der Waals surface area contributed by atoms with Crippen molar-refractivity contribution >= 4 is 5.95 Å². The highest BCUT2D eigenvalue weighted by Crippen LogP contribution is 2.41. The van der Waals surface area contributed by atoms with Crippen molar-refractivity contribution in [3.05, 3.63) is 11.6 Å². The third kappa shape index (κ3) is 8.11. The molecule has 0 aromatic carbocycles. The standard InChI is InChI=1S/C29H54N6/c1-24(2,3)18-29(12,13)33-23-31-21(19-14-25(4,5)34-26(6,7)15-19)30-22(32-23)20-16-27(8,9)35-28(10,11)17-20/h19-20,34-35H,14-18H2,1-13H3,(H,30,31,32,33). The number of hydrogen-bond acceptors (Lipinski definition) is 6. The fraction of sp³-hybridized carbons (Fsp3) is 0.897. The van der Waals surface area contributed by atoms with E-state index in [1.165, 1.54) is 0 Å². The summed E-state index contributed by atoms with van der Waals surface area (Å²) in [6.07, 6.45) is 5.11. The van der Waals surface area contributed by atoms with E-state index in [1.54, 1.807) is 0 Å². The lowest BCUT2D eigenvalue weighted by Crippen LogP contribution is -2.57. The van der Waals surface area contributed by atoms with E-state index in [2.05, 4.69) is 106 Å². The van der Waals surface area contributed by atoms with E-state index in [9.17, 15) is 0 Å². The summed E-state index contributed by atoms with van der Waals surface area (Å²) < 4.78 is 0. The van der Waals surface area contributed by atoms with Crippen LogP contribution in [-0.2, 0) is 0 Å². The second kappa shape index (κ2) is 8.93. The summed E-state index contributed by atoms with van der Waals surface area (Å²) in [6, 6.07) is 0. The van der Waals surface area contributed by atoms with Crippen LogP contribution in [0.1, 0.15) is 146 Å². The molecule has 2 aliphatic rings. The number of aromatic nitrogens is 3. The van der Waals surface area contributed by atoms with Crippen molar-refractivity contribution in [2.45, 2.75) is 162 Å². The summed E-state index contributed by atoms with van der Waals surface area (Å²) in [7, 11) is 0. The van der Waals surface area contributed by atoms with Gasteiger partial charge in [-0.15, -0.1) is 0 Å². The first-order valence-corrected chi connectivity index (χ1v) is 13.7. The van der Waals surface area contributed by atoms with Crippen LogP contribution in [0.25, 0.3) is 0 Å². The average Bonchev–Trinajstić information content (AvgIpc) is 2.53. The Bertz CT molecular complexity index is 818. The second-order valence-electron chi connectivity index (χ2n) is 16.1. The molecule has 200 valence electrons. The van der Waals surface area contributed by atoms with Crippen molar-refractivity contribution in [3.63, 3.8) is 0 Å². The molecule has 35 heavy (non-hydrogen) atoms. The van der Waals surface area contributed by atoms with Crippen molar-refractivity contribution in [1.82, 2.24) is 25.6 Å². The maximum absolute atomic E-state index is 5.23. The lowest BCUT2D eigenvalue weighted by molar-refractivity contribution is 0.153. The zero-order valence-corrected chi connectivity index (χ0v) is 25.0. The minimum absolute atomic E-state index is 0.0387. The minimum atomic E-state index is -0.118. The smallest absolute Gasteiger partial charge is 0.226 e. The number of nitrogens with zero attached hydrogens (tertiary/aromatic N) is 3. The molecule has 0 unspecified atom stereocenters. The van der Waals surface area contributed by atoms with Crippen LogP contribution >= 0.6 is 0 Å². The molecule has 0 saturated carbocycles. The van der Waals surface area contributed by atoms with Gasteiger partial charge in [0.1, 0.15) is 11.6 Å². The van der Waals surface area contributed by atoms with E-state index >= 15 is 0 Å². The predicted molar refractivity (Wildman–Crippen MR) is 148 cm³/mol. The first-order chi connectivity index (χ1) is 15.5. The quantitative estimate of drug-likeness (QED) is 0.438. The van der Waals surface area contributed by atoms with Gasteiger partial charge in [0.15, 0.2) is 0 Å². The van der Waals surface area contributed by atoms with E-state index in [4.69, 9.17) is 15.0 Å². The van der Waals surface area contributed by atoms with Crippen LogP contribution in [0.3, 0.4) is 0 Å². The lowest BCUT2D eigenvalue weighted by atomic mass is 9.75. The zero-order chi connectivity index (χ0) is 26.7. The van der Waals surface area contributed by atoms with Gasteiger partial charge in [0, 0.05) is 39.5 Å². The normalized spacial score (nSPS) is 24.8. The summed E-state index contributed by atoms with van der Waals surface area (Å²) in [5.41, 5.74) is 0.247. The lowest BCUT2D eigenvalue weighted by Gasteiger charge is -2.47. The first kappa shape index (κ1) is 28.3. The first-order valence-electron chi connectivity index (χ1n) is 13.7. The Hall–Kier alpha value is -1.27. The van der Waals surface area contributed by atoms with Gasteiger partial charge in [-0.25, -0.2) is 4.98 Å². The largest absolute Gasteiger partial charge is 0.349 e. The topological polar surface area (TPSA) is 74.8 Å². The number of rotatable bonds is 5. The maximum Gasteiger partial charge on any atom is 0.226 e. The average molecular weight is 487 g/mol. The second-order valence-corrected chi connectivity index (χ2v) is 16.1. The number of hydrogen-bond donors (Lipinski definition) is 3. The summed E-state index contributed by atoms with van der Waals surface area (Å²) >= 11 is 0. The molecule has 0 atom stereocenters. The van der Waals surface area contributed by atoms with Gasteiger partial charge >= 0.3 is 0 Å². The summed E-state index contributed by atoms with van der Waals surface area (Å²) in [4.78, 5) is 15.4. The van der Waals surface area contributed by atoms with Crippen molar-refractivity contribution < 1.29 is 0 Å². The van der Waals surface area contributed by atoms with Crippen LogP contribution in [0.2, 0.25) is 0 Å². The van der Waals surface area contributed by atoms with E-state index in [0.29, 0.717) is 11.8 Å². The fourth-order valence-electron chi connectivity index (χ4n) is 7.51. The van der Waals surface area contributed by atoms with Gasteiger partial charge in [-0.1, -0.05) is 20.8 Å². The molecule has 3 heterocycles. The van der Waals surface area contributed by atoms with Crippen LogP contribution in [0.4, 0.5) is 5.95 Å². The molecule has 0 spiro atoms. The third-order valence-corrected chi connectivity index (χ3v) is 7.20. The molecule has 0 amide bonds. The molecule has 2 fully saturated rings. The SMILES string of the molecule is CC(C)(C)CC(C)(C)Nc1nc(C2CC(C)(C)NC(C)(C)C2)nc(C2CC(C)(C)NC(C)(C)C2)n1. The van der Waals surface area contributed by atoms with Gasteiger partial charge in [0.2, 0.25) is 5.95 Å². The molecule has 0 radical (unpaired) electrons. The van der Waals surface area contributed by atoms with Crippen molar-refractivity contribution in [2.75, 3.05) is 5.32 Å². The number of piperidine rings is 2. The Morgan fingerprint density at radius 2 is 1.00 bits per heavy atom. The van der Waals surface area contributed by atoms with E-state index in [1.807, 2.05) is 0 Å². The summed E-state index contributed by atoms with van der Waals surface area (Å²) in [5, 5.41) is 11.4. The zero-order valence-electron chi connectivity index (χ0n) is 25.0. The van der Waals surface area contributed by atoms with Gasteiger partial charge in [-0.2, -0.15) is 9.97 Å². The van der Waals surface area contributed by atoms with Gasteiger partial charge < -0.3 is 16.0 Å². The van der Waals surface area contributed by atoms with Crippen molar-refractivity contribution in [1.29, 1.82) is 0 Å². The minimum Gasteiger partial charge on any atom is -0.349 e. The van der Waals surface area contributed by atoms with Crippen LogP contribution in [0.15, 0.2) is 0 Å². The highest BCUT2D eigenvalue weighted by Gasteiger charge is 2.42.